The third-order valence-corrected chi connectivity index (χ3v) is 19.1. The maximum atomic E-state index is 12.6. The molecule has 0 bridgehead atoms. The number of rotatable bonds is 19. The highest BCUT2D eigenvalue weighted by molar-refractivity contribution is 7.90. The summed E-state index contributed by atoms with van der Waals surface area (Å²) in [6, 6.07) is 16.9. The first-order chi connectivity index (χ1) is 48.3. The molecule has 3 aromatic carbocycles. The van der Waals surface area contributed by atoms with Gasteiger partial charge in [0, 0.05) is 50.3 Å². The Morgan fingerprint density at radius 2 is 0.745 bits per heavy atom. The fourth-order valence-electron chi connectivity index (χ4n) is 10.2. The number of esters is 2. The summed E-state index contributed by atoms with van der Waals surface area (Å²) in [5.41, 5.74) is 8.23. The van der Waals surface area contributed by atoms with Gasteiger partial charge in [-0.15, -0.1) is 0 Å². The fraction of sp³-hybridized carbons (Fsp3) is 0.592. The number of carboxylic acid groups (broad SMARTS) is 4. The molecular formula is C71H118N10O26S3. The SMILES string of the molecule is C.C.C.C.C.CC(C)(C)OC(=O)CCC(=O)O.CC(C)(C)OC(=O)N1C[C@H](N)C[C@H]1C(=O)O.CC(C)(C)OC(=O)N1C[C@H](NS(=O)(=O)c2ccccc2)C[C@H]1C(=O)O.COC(=O)[C@@H]1C[C@@H](NS(=O)(=O)c2ccccc2)CN1C(=O)CNC(=O)OC(C)(C)C.NCC(=O)N1C[C@H](NS(=O)(=O)c2ccccc2)C[C@H]1C(=O)O. The zero-order valence-corrected chi connectivity index (χ0v) is 63.2. The molecule has 12 N–H and O–H groups in total. The van der Waals surface area contributed by atoms with Crippen LogP contribution in [0.2, 0.25) is 0 Å². The number of nitrogens with one attached hydrogen (secondary N) is 4. The number of amides is 5. The van der Waals surface area contributed by atoms with E-state index in [1.54, 1.807) is 138 Å². The van der Waals surface area contributed by atoms with Crippen LogP contribution in [0.4, 0.5) is 14.4 Å². The van der Waals surface area contributed by atoms with E-state index in [4.69, 9.17) is 50.5 Å². The number of carbonyl (C=O) groups is 11. The van der Waals surface area contributed by atoms with Crippen molar-refractivity contribution < 1.29 is 122 Å². The van der Waals surface area contributed by atoms with Crippen LogP contribution >= 0.6 is 0 Å². The maximum Gasteiger partial charge on any atom is 0.411 e. The minimum Gasteiger partial charge on any atom is -0.481 e. The van der Waals surface area contributed by atoms with Gasteiger partial charge in [-0.05, 0) is 145 Å². The number of ether oxygens (including phenoxy) is 5. The molecule has 0 spiro atoms. The molecule has 626 valence electrons. The van der Waals surface area contributed by atoms with Crippen LogP contribution in [0.15, 0.2) is 106 Å². The van der Waals surface area contributed by atoms with Crippen molar-refractivity contribution in [3.8, 4) is 0 Å². The lowest BCUT2D eigenvalue weighted by Gasteiger charge is -2.26. The lowest BCUT2D eigenvalue weighted by atomic mass is 10.2. The standard InChI is InChI=1S/C19H27N3O7S.C16H22N2O6S.C13H17N3O5S.C10H18N2O4.C8H14O4.5CH4/c1-19(2,3)29-18(25)20-11-16(23)22-12-13(10-15(22)17(24)28-4)21-30(26,27)14-8-6-5-7-9-14;1-16(2,3)24-15(21)18-10-11(9-13(18)14(19)20)17-25(22,23)12-7-5-4-6-8-12;14-7-12(17)16-8-9(6-11(16)13(18)19)15-22(20,21)10-4-2-1-3-5-10;1-10(2,3)16-9(15)12-5-6(11)4-7(12)8(13)14;1-8(2,3)12-7(11)5-4-6(9)10;;;;;/h5-9,13,15,21H,10-12H2,1-4H3,(H,20,25);4-8,11,13,17H,9-10H2,1-3H3,(H,19,20);1-5,9,11,15H,6-8,14H2,(H,18,19);6-7H,4-5,11H2,1-3H3,(H,13,14);4-5H2,1-3H3,(H,9,10);5*1H4/t13-,15+;11-,13+;9-,11+;6-,7+;;;;;;/m1111....../s1. The second kappa shape index (κ2) is 45.3. The molecule has 4 fully saturated rings. The lowest BCUT2D eigenvalue weighted by Crippen LogP contribution is -2.47. The van der Waals surface area contributed by atoms with E-state index in [9.17, 15) is 83.1 Å². The lowest BCUT2D eigenvalue weighted by molar-refractivity contribution is -0.157. The zero-order chi connectivity index (χ0) is 80.0. The third-order valence-electron chi connectivity index (χ3n) is 14.5. The van der Waals surface area contributed by atoms with Crippen molar-refractivity contribution in [1.29, 1.82) is 0 Å². The minimum absolute atomic E-state index is 0. The highest BCUT2D eigenvalue weighted by atomic mass is 32.2. The van der Waals surface area contributed by atoms with Crippen molar-refractivity contribution in [2.24, 2.45) is 11.5 Å². The summed E-state index contributed by atoms with van der Waals surface area (Å²) in [4.78, 5) is 131. The zero-order valence-electron chi connectivity index (χ0n) is 60.7. The summed E-state index contributed by atoms with van der Waals surface area (Å²) in [7, 11) is -10.2. The van der Waals surface area contributed by atoms with Gasteiger partial charge in [0.25, 0.3) is 0 Å². The number of benzene rings is 3. The molecule has 4 saturated heterocycles. The highest BCUT2D eigenvalue weighted by Gasteiger charge is 2.46. The molecule has 4 aliphatic rings. The summed E-state index contributed by atoms with van der Waals surface area (Å²) in [6.07, 6.45) is -2.10. The Bertz CT molecular complexity index is 3850. The molecule has 0 aromatic heterocycles. The molecule has 36 nitrogen and oxygen atoms in total. The van der Waals surface area contributed by atoms with E-state index in [1.807, 2.05) is 0 Å². The minimum atomic E-state index is -3.82. The summed E-state index contributed by atoms with van der Waals surface area (Å²) < 4.78 is 107. The number of carboxylic acids is 4. The Hall–Kier alpha value is -9.12. The Morgan fingerprint density at radius 3 is 1.06 bits per heavy atom. The smallest absolute Gasteiger partial charge is 0.411 e. The van der Waals surface area contributed by atoms with E-state index in [0.29, 0.717) is 0 Å². The molecule has 39 heteroatoms. The van der Waals surface area contributed by atoms with E-state index >= 15 is 0 Å². The molecule has 4 heterocycles. The first-order valence-electron chi connectivity index (χ1n) is 32.7. The third kappa shape index (κ3) is 36.2. The number of aliphatic carboxylic acids is 4. The normalized spacial score (nSPS) is 19.3. The van der Waals surface area contributed by atoms with Gasteiger partial charge in [0.05, 0.1) is 41.2 Å². The summed E-state index contributed by atoms with van der Waals surface area (Å²) in [5, 5.41) is 38.0. The van der Waals surface area contributed by atoms with Gasteiger partial charge in [0.2, 0.25) is 41.9 Å². The number of hydrogen-bond donors (Lipinski definition) is 10. The number of likely N-dealkylation sites (tertiary alicyclic amines) is 4. The van der Waals surface area contributed by atoms with Crippen molar-refractivity contribution in [3.05, 3.63) is 91.0 Å². The van der Waals surface area contributed by atoms with Crippen LogP contribution in [0, 0.1) is 0 Å². The second-order valence-electron chi connectivity index (χ2n) is 28.1. The molecule has 7 rings (SSSR count). The van der Waals surface area contributed by atoms with Gasteiger partial charge in [0.1, 0.15) is 53.1 Å². The van der Waals surface area contributed by atoms with Crippen molar-refractivity contribution in [2.75, 3.05) is 46.4 Å². The predicted molar refractivity (Wildman–Crippen MR) is 407 cm³/mol. The molecule has 8 atom stereocenters. The Balaban J connectivity index is -0.00000132. The van der Waals surface area contributed by atoms with Crippen LogP contribution in [-0.2, 0) is 92.1 Å². The van der Waals surface area contributed by atoms with Crippen LogP contribution in [-0.4, -0.2) is 248 Å². The topological polar surface area (TPSA) is 530 Å². The molecular weight excluding hydrogens is 1510 g/mol. The molecule has 0 radical (unpaired) electrons. The highest BCUT2D eigenvalue weighted by Crippen LogP contribution is 2.27. The molecule has 3 aromatic rings. The maximum absolute atomic E-state index is 12.6. The molecule has 110 heavy (non-hydrogen) atoms. The molecule has 0 unspecified atom stereocenters. The van der Waals surface area contributed by atoms with E-state index in [0.717, 1.165) is 9.80 Å². The van der Waals surface area contributed by atoms with Gasteiger partial charge in [-0.25, -0.2) is 73.0 Å². The van der Waals surface area contributed by atoms with E-state index in [2.05, 4.69) is 19.5 Å². The summed E-state index contributed by atoms with van der Waals surface area (Å²) in [5.74, 6) is -6.62. The van der Waals surface area contributed by atoms with Crippen LogP contribution < -0.4 is 31.0 Å². The van der Waals surface area contributed by atoms with Gasteiger partial charge in [0.15, 0.2) is 0 Å². The number of nitrogens with two attached hydrogens (primary N) is 2. The predicted octanol–water partition coefficient (Wildman–Crippen LogP) is 5.82. The van der Waals surface area contributed by atoms with Gasteiger partial charge in [-0.1, -0.05) is 91.7 Å². The average molecular weight is 1620 g/mol. The van der Waals surface area contributed by atoms with Crippen molar-refractivity contribution >= 4 is 96.0 Å². The number of methoxy groups -OCH3 is 1. The van der Waals surface area contributed by atoms with Crippen molar-refractivity contribution in [2.45, 2.75) is 244 Å². The number of hydrogen-bond acceptors (Lipinski definition) is 24. The monoisotopic (exact) mass is 1620 g/mol. The molecule has 5 amide bonds. The van der Waals surface area contributed by atoms with Gasteiger partial charge in [-0.2, -0.15) is 0 Å². The summed E-state index contributed by atoms with van der Waals surface area (Å²) >= 11 is 0. The van der Waals surface area contributed by atoms with Gasteiger partial charge >= 0.3 is 54.1 Å². The van der Waals surface area contributed by atoms with Gasteiger partial charge in [-0.3, -0.25) is 29.0 Å². The number of nitrogens with zero attached hydrogens (tertiary/aromatic N) is 4. The second-order valence-corrected chi connectivity index (χ2v) is 33.2. The molecule has 4 aliphatic heterocycles. The number of alkyl carbamates (subject to hydrolysis) is 1. The average Bonchev–Trinajstić information content (AvgIpc) is 1.65. The quantitative estimate of drug-likeness (QED) is 0.0499. The first-order valence-corrected chi connectivity index (χ1v) is 37.2. The van der Waals surface area contributed by atoms with E-state index in [1.165, 1.54) is 53.3 Å². The van der Waals surface area contributed by atoms with Crippen molar-refractivity contribution in [3.63, 3.8) is 0 Å². The van der Waals surface area contributed by atoms with Crippen LogP contribution in [0.3, 0.4) is 0 Å². The number of sulfonamides is 3. The van der Waals surface area contributed by atoms with Crippen LogP contribution in [0.1, 0.15) is 159 Å². The van der Waals surface area contributed by atoms with Crippen LogP contribution in [0.25, 0.3) is 0 Å². The van der Waals surface area contributed by atoms with Gasteiger partial charge < -0.3 is 70.7 Å². The van der Waals surface area contributed by atoms with E-state index in [-0.39, 0.29) is 129 Å². The molecule has 0 aliphatic carbocycles. The summed E-state index contributed by atoms with van der Waals surface area (Å²) in [6.45, 7) is 19.9. The first kappa shape index (κ1) is 105. The molecule has 0 saturated carbocycles. The Morgan fingerprint density at radius 1 is 0.436 bits per heavy atom. The van der Waals surface area contributed by atoms with Crippen LogP contribution in [0.5, 0.6) is 0 Å². The Kier molecular flexibility index (Phi) is 43.2. The largest absolute Gasteiger partial charge is 0.481 e. The van der Waals surface area contributed by atoms with E-state index < -0.39 is 167 Å². The fourth-order valence-corrected chi connectivity index (χ4v) is 14.0. The number of carbonyl (C=O) groups excluding carboxylic acids is 7. The van der Waals surface area contributed by atoms with Crippen molar-refractivity contribution in [1.82, 2.24) is 39.1 Å². The Labute approximate surface area is 647 Å².